The van der Waals surface area contributed by atoms with Crippen LogP contribution >= 0.6 is 0 Å². The first-order chi connectivity index (χ1) is 8.15. The molecule has 0 radical (unpaired) electrons. The van der Waals surface area contributed by atoms with E-state index in [1.807, 2.05) is 6.07 Å². The molecule has 4 heteroatoms. The number of amides is 1. The normalized spacial score (nSPS) is 14.7. The van der Waals surface area contributed by atoms with Crippen LogP contribution in [0, 0.1) is 12.7 Å². The molecule has 3 nitrogen and oxygen atoms in total. The van der Waals surface area contributed by atoms with Crippen molar-refractivity contribution < 1.29 is 9.18 Å². The fraction of sp³-hybridized carbons (Fsp3) is 0.462. The van der Waals surface area contributed by atoms with Crippen molar-refractivity contribution in [1.82, 2.24) is 10.6 Å². The second-order valence-corrected chi connectivity index (χ2v) is 4.52. The van der Waals surface area contributed by atoms with E-state index in [2.05, 4.69) is 10.6 Å². The topological polar surface area (TPSA) is 41.1 Å². The lowest BCUT2D eigenvalue weighted by molar-refractivity contribution is -0.120. The number of rotatable bonds is 5. The van der Waals surface area contributed by atoms with Crippen LogP contribution in [0.15, 0.2) is 18.2 Å². The van der Waals surface area contributed by atoms with Gasteiger partial charge >= 0.3 is 0 Å². The van der Waals surface area contributed by atoms with Gasteiger partial charge in [-0.2, -0.15) is 0 Å². The number of aryl methyl sites for hydroxylation is 1. The standard InChI is InChI=1S/C13H17FN2O/c1-9-2-3-10(6-12(9)14)7-16-13(17)8-15-11-4-5-11/h2-3,6,11,15H,4-5,7-8H2,1H3,(H,16,17). The van der Waals surface area contributed by atoms with Crippen molar-refractivity contribution in [2.75, 3.05) is 6.54 Å². The quantitative estimate of drug-likeness (QED) is 0.813. The first kappa shape index (κ1) is 12.0. The Hall–Kier alpha value is -1.42. The van der Waals surface area contributed by atoms with Gasteiger partial charge in [0.2, 0.25) is 5.91 Å². The van der Waals surface area contributed by atoms with E-state index in [4.69, 9.17) is 0 Å². The first-order valence-corrected chi connectivity index (χ1v) is 5.90. The average molecular weight is 236 g/mol. The maximum Gasteiger partial charge on any atom is 0.234 e. The number of carbonyl (C=O) groups is 1. The van der Waals surface area contributed by atoms with Crippen LogP contribution in [0.2, 0.25) is 0 Å². The summed E-state index contributed by atoms with van der Waals surface area (Å²) in [6.07, 6.45) is 2.33. The number of benzene rings is 1. The third kappa shape index (κ3) is 3.82. The van der Waals surface area contributed by atoms with Crippen LogP contribution in [0.3, 0.4) is 0 Å². The SMILES string of the molecule is Cc1ccc(CNC(=O)CNC2CC2)cc1F. The Morgan fingerprint density at radius 2 is 2.24 bits per heavy atom. The molecule has 92 valence electrons. The molecule has 0 heterocycles. The molecule has 1 aromatic carbocycles. The Morgan fingerprint density at radius 3 is 2.88 bits per heavy atom. The molecule has 2 N–H and O–H groups in total. The minimum absolute atomic E-state index is 0.0436. The zero-order valence-corrected chi connectivity index (χ0v) is 9.92. The van der Waals surface area contributed by atoms with Gasteiger partial charge < -0.3 is 10.6 Å². The number of nitrogens with one attached hydrogen (secondary N) is 2. The summed E-state index contributed by atoms with van der Waals surface area (Å²) in [5, 5.41) is 5.89. The van der Waals surface area contributed by atoms with Gasteiger partial charge in [-0.15, -0.1) is 0 Å². The largest absolute Gasteiger partial charge is 0.351 e. The molecule has 1 fully saturated rings. The lowest BCUT2D eigenvalue weighted by atomic mass is 10.1. The summed E-state index contributed by atoms with van der Waals surface area (Å²) in [6.45, 7) is 2.44. The van der Waals surface area contributed by atoms with E-state index in [1.165, 1.54) is 6.07 Å². The van der Waals surface area contributed by atoms with Crippen molar-refractivity contribution in [1.29, 1.82) is 0 Å². The predicted octanol–water partition coefficient (Wildman–Crippen LogP) is 1.50. The molecular weight excluding hydrogens is 219 g/mol. The molecule has 1 aliphatic rings. The molecule has 0 aliphatic heterocycles. The summed E-state index contributed by atoms with van der Waals surface area (Å²) < 4.78 is 13.2. The van der Waals surface area contributed by atoms with E-state index in [0.717, 1.165) is 18.4 Å². The lowest BCUT2D eigenvalue weighted by Gasteiger charge is -2.07. The molecule has 1 aromatic rings. The molecule has 0 unspecified atom stereocenters. The van der Waals surface area contributed by atoms with Gasteiger partial charge in [-0.1, -0.05) is 12.1 Å². The number of hydrogen-bond acceptors (Lipinski definition) is 2. The highest BCUT2D eigenvalue weighted by molar-refractivity contribution is 5.78. The summed E-state index contributed by atoms with van der Waals surface area (Å²) in [6, 6.07) is 5.54. The molecule has 0 atom stereocenters. The summed E-state index contributed by atoms with van der Waals surface area (Å²) in [5.74, 6) is -0.272. The van der Waals surface area contributed by atoms with Crippen molar-refractivity contribution in [2.24, 2.45) is 0 Å². The van der Waals surface area contributed by atoms with Gasteiger partial charge in [0.25, 0.3) is 0 Å². The Balaban J connectivity index is 1.75. The molecule has 0 aromatic heterocycles. The van der Waals surface area contributed by atoms with Gasteiger partial charge in [0.1, 0.15) is 5.82 Å². The van der Waals surface area contributed by atoms with E-state index < -0.39 is 0 Å². The van der Waals surface area contributed by atoms with E-state index >= 15 is 0 Å². The van der Waals surface area contributed by atoms with E-state index in [9.17, 15) is 9.18 Å². The molecule has 1 saturated carbocycles. The summed E-state index contributed by atoms with van der Waals surface area (Å²) in [7, 11) is 0. The molecule has 1 amide bonds. The monoisotopic (exact) mass is 236 g/mol. The summed E-state index contributed by atoms with van der Waals surface area (Å²) in [4.78, 5) is 11.4. The fourth-order valence-corrected chi connectivity index (χ4v) is 1.53. The van der Waals surface area contributed by atoms with Crippen molar-refractivity contribution in [3.63, 3.8) is 0 Å². The van der Waals surface area contributed by atoms with Crippen LogP contribution in [0.1, 0.15) is 24.0 Å². The van der Waals surface area contributed by atoms with Crippen LogP contribution in [0.5, 0.6) is 0 Å². The molecule has 0 bridgehead atoms. The molecule has 2 rings (SSSR count). The number of carbonyl (C=O) groups excluding carboxylic acids is 1. The van der Waals surface area contributed by atoms with Gasteiger partial charge in [-0.3, -0.25) is 4.79 Å². The highest BCUT2D eigenvalue weighted by atomic mass is 19.1. The molecule has 0 spiro atoms. The van der Waals surface area contributed by atoms with Crippen LogP contribution in [0.4, 0.5) is 4.39 Å². The minimum atomic E-state index is -0.229. The first-order valence-electron chi connectivity index (χ1n) is 5.90. The Bertz CT molecular complexity index is 416. The van der Waals surface area contributed by atoms with E-state index in [1.54, 1.807) is 13.0 Å². The van der Waals surface area contributed by atoms with Crippen molar-refractivity contribution in [3.05, 3.63) is 35.1 Å². The molecular formula is C13H17FN2O. The maximum atomic E-state index is 13.2. The third-order valence-electron chi connectivity index (χ3n) is 2.85. The van der Waals surface area contributed by atoms with Gasteiger partial charge in [-0.05, 0) is 37.0 Å². The van der Waals surface area contributed by atoms with Crippen LogP contribution in [0.25, 0.3) is 0 Å². The predicted molar refractivity (Wildman–Crippen MR) is 64.0 cm³/mol. The Labute approximate surface area is 100 Å². The fourth-order valence-electron chi connectivity index (χ4n) is 1.53. The highest BCUT2D eigenvalue weighted by Gasteiger charge is 2.20. The second kappa shape index (κ2) is 5.27. The average Bonchev–Trinajstić information content (AvgIpc) is 3.12. The maximum absolute atomic E-state index is 13.2. The lowest BCUT2D eigenvalue weighted by Crippen LogP contribution is -2.34. The number of halogens is 1. The van der Waals surface area contributed by atoms with Crippen LogP contribution < -0.4 is 10.6 Å². The zero-order valence-electron chi connectivity index (χ0n) is 9.92. The Morgan fingerprint density at radius 1 is 1.47 bits per heavy atom. The smallest absolute Gasteiger partial charge is 0.234 e. The van der Waals surface area contributed by atoms with Crippen molar-refractivity contribution in [3.8, 4) is 0 Å². The molecule has 0 saturated heterocycles. The van der Waals surface area contributed by atoms with Gasteiger partial charge in [0, 0.05) is 12.6 Å². The highest BCUT2D eigenvalue weighted by Crippen LogP contribution is 2.17. The zero-order chi connectivity index (χ0) is 12.3. The van der Waals surface area contributed by atoms with Gasteiger partial charge in [-0.25, -0.2) is 4.39 Å². The number of hydrogen-bond donors (Lipinski definition) is 2. The van der Waals surface area contributed by atoms with E-state index in [0.29, 0.717) is 24.7 Å². The Kier molecular flexibility index (Phi) is 3.74. The summed E-state index contributed by atoms with van der Waals surface area (Å²) >= 11 is 0. The van der Waals surface area contributed by atoms with Crippen molar-refractivity contribution >= 4 is 5.91 Å². The second-order valence-electron chi connectivity index (χ2n) is 4.52. The molecule has 1 aliphatic carbocycles. The summed E-state index contributed by atoms with van der Waals surface area (Å²) in [5.41, 5.74) is 1.41. The third-order valence-corrected chi connectivity index (χ3v) is 2.85. The van der Waals surface area contributed by atoms with Gasteiger partial charge in [0.05, 0.1) is 6.54 Å². The van der Waals surface area contributed by atoms with Crippen LogP contribution in [-0.4, -0.2) is 18.5 Å². The molecule has 17 heavy (non-hydrogen) atoms. The van der Waals surface area contributed by atoms with E-state index in [-0.39, 0.29) is 11.7 Å². The van der Waals surface area contributed by atoms with Gasteiger partial charge in [0.15, 0.2) is 0 Å². The van der Waals surface area contributed by atoms with Crippen LogP contribution in [-0.2, 0) is 11.3 Å². The van der Waals surface area contributed by atoms with Crippen molar-refractivity contribution in [2.45, 2.75) is 32.4 Å². The minimum Gasteiger partial charge on any atom is -0.351 e.